The second-order valence-electron chi connectivity index (χ2n) is 12.0. The van der Waals surface area contributed by atoms with Crippen LogP contribution >= 0.6 is 0 Å². The zero-order valence-corrected chi connectivity index (χ0v) is 24.5. The van der Waals surface area contributed by atoms with E-state index in [1.807, 2.05) is 36.3 Å². The first-order valence-corrected chi connectivity index (χ1v) is 15.2. The first-order valence-electron chi connectivity index (χ1n) is 15.2. The van der Waals surface area contributed by atoms with E-state index in [9.17, 15) is 9.59 Å². The SMILES string of the molecule is CCC1CN(C)C2=C(N[C@@](N)(Nc3cc4ccn(C(=O)CN5CCCCC5)c4cc3OC)NC2=O)N1C1CCCC1. The Morgan fingerprint density at radius 2 is 1.90 bits per heavy atom. The third-order valence-corrected chi connectivity index (χ3v) is 9.19. The zero-order chi connectivity index (χ0) is 28.7. The fourth-order valence-electron chi connectivity index (χ4n) is 7.14. The number of carbonyl (C=O) groups excluding carboxylic acids is 2. The lowest BCUT2D eigenvalue weighted by atomic mass is 10.0. The molecule has 2 aromatic rings. The number of piperidine rings is 1. The van der Waals surface area contributed by atoms with Crippen LogP contribution in [0.4, 0.5) is 5.69 Å². The summed E-state index contributed by atoms with van der Waals surface area (Å²) in [6.45, 7) is 5.32. The molecule has 0 radical (unpaired) electrons. The fraction of sp³-hybridized carbons (Fsp3) is 0.600. The number of ether oxygens (including phenoxy) is 1. The lowest BCUT2D eigenvalue weighted by Crippen LogP contribution is -2.76. The highest BCUT2D eigenvalue weighted by Crippen LogP contribution is 2.36. The molecule has 4 aliphatic rings. The highest BCUT2D eigenvalue weighted by molar-refractivity contribution is 5.97. The van der Waals surface area contributed by atoms with E-state index >= 15 is 0 Å². The van der Waals surface area contributed by atoms with Crippen molar-refractivity contribution in [3.05, 3.63) is 35.9 Å². The van der Waals surface area contributed by atoms with Crippen molar-refractivity contribution < 1.29 is 14.3 Å². The van der Waals surface area contributed by atoms with E-state index in [0.29, 0.717) is 29.7 Å². The third kappa shape index (κ3) is 5.21. The van der Waals surface area contributed by atoms with Gasteiger partial charge in [0, 0.05) is 43.3 Å². The second kappa shape index (κ2) is 11.1. The maximum absolute atomic E-state index is 13.5. The monoisotopic (exact) mass is 564 g/mol. The third-order valence-electron chi connectivity index (χ3n) is 9.19. The molecule has 0 bridgehead atoms. The van der Waals surface area contributed by atoms with Gasteiger partial charge in [-0.2, -0.15) is 0 Å². The molecule has 1 aromatic carbocycles. The lowest BCUT2D eigenvalue weighted by molar-refractivity contribution is -0.123. The van der Waals surface area contributed by atoms with Crippen LogP contribution in [0, 0.1) is 0 Å². The number of hydrogen-bond acceptors (Lipinski definition) is 9. The Kier molecular flexibility index (Phi) is 7.50. The van der Waals surface area contributed by atoms with Gasteiger partial charge in [-0.3, -0.25) is 30.1 Å². The Labute approximate surface area is 242 Å². The predicted octanol–water partition coefficient (Wildman–Crippen LogP) is 2.62. The molecular weight excluding hydrogens is 520 g/mol. The molecule has 1 amide bonds. The van der Waals surface area contributed by atoms with Gasteiger partial charge in [-0.15, -0.1) is 0 Å². The molecule has 11 nitrogen and oxygen atoms in total. The molecule has 1 aromatic heterocycles. The first-order chi connectivity index (χ1) is 19.8. The number of anilines is 1. The number of benzene rings is 1. The van der Waals surface area contributed by atoms with Crippen LogP contribution in [0.2, 0.25) is 0 Å². The number of nitrogens with zero attached hydrogens (tertiary/aromatic N) is 4. The Morgan fingerprint density at radius 1 is 1.15 bits per heavy atom. The predicted molar refractivity (Wildman–Crippen MR) is 159 cm³/mol. The van der Waals surface area contributed by atoms with E-state index < -0.39 is 5.91 Å². The number of fused-ring (bicyclic) bond motifs is 1. The minimum Gasteiger partial charge on any atom is -0.495 e. The van der Waals surface area contributed by atoms with Crippen molar-refractivity contribution in [2.75, 3.05) is 45.7 Å². The smallest absolute Gasteiger partial charge is 0.275 e. The van der Waals surface area contributed by atoms with Gasteiger partial charge in [-0.25, -0.2) is 0 Å². The van der Waals surface area contributed by atoms with Crippen molar-refractivity contribution in [3.8, 4) is 5.75 Å². The largest absolute Gasteiger partial charge is 0.495 e. The molecule has 2 fully saturated rings. The van der Waals surface area contributed by atoms with Gasteiger partial charge in [0.25, 0.3) is 5.91 Å². The number of likely N-dealkylation sites (tertiary alicyclic amines) is 1. The number of likely N-dealkylation sites (N-methyl/N-ethyl adjacent to an activating group) is 1. The minimum absolute atomic E-state index is 0.0412. The topological polar surface area (TPSA) is 120 Å². The molecule has 5 N–H and O–H groups in total. The van der Waals surface area contributed by atoms with Gasteiger partial charge in [0.1, 0.15) is 17.3 Å². The van der Waals surface area contributed by atoms with Crippen molar-refractivity contribution >= 4 is 28.4 Å². The number of nitrogens with two attached hydrogens (primary N) is 1. The summed E-state index contributed by atoms with van der Waals surface area (Å²) >= 11 is 0. The van der Waals surface area contributed by atoms with E-state index in [1.54, 1.807) is 11.7 Å². The summed E-state index contributed by atoms with van der Waals surface area (Å²) in [5.74, 6) is -0.311. The molecule has 4 heterocycles. The Hall–Kier alpha value is -3.44. The maximum Gasteiger partial charge on any atom is 0.275 e. The molecule has 2 atom stereocenters. The maximum atomic E-state index is 13.5. The van der Waals surface area contributed by atoms with E-state index in [0.717, 1.165) is 68.5 Å². The molecule has 1 saturated heterocycles. The van der Waals surface area contributed by atoms with Crippen molar-refractivity contribution in [2.45, 2.75) is 76.3 Å². The van der Waals surface area contributed by atoms with Crippen LogP contribution in [-0.4, -0.2) is 89.4 Å². The number of nitrogens with one attached hydrogen (secondary N) is 3. The van der Waals surface area contributed by atoms with Crippen LogP contribution in [-0.2, 0) is 4.79 Å². The quantitative estimate of drug-likeness (QED) is 0.376. The number of hydrogen-bond donors (Lipinski definition) is 4. The molecular formula is C30H44N8O3. The van der Waals surface area contributed by atoms with Gasteiger partial charge < -0.3 is 25.2 Å². The number of amides is 1. The van der Waals surface area contributed by atoms with Crippen LogP contribution in [0.15, 0.2) is 35.9 Å². The zero-order valence-electron chi connectivity index (χ0n) is 24.5. The fourth-order valence-corrected chi connectivity index (χ4v) is 7.14. The normalized spacial score (nSPS) is 25.8. The van der Waals surface area contributed by atoms with E-state index in [2.05, 4.69) is 32.7 Å². The minimum atomic E-state index is -1.45. The van der Waals surface area contributed by atoms with Gasteiger partial charge in [0.2, 0.25) is 11.8 Å². The van der Waals surface area contributed by atoms with Crippen LogP contribution in [0.25, 0.3) is 10.9 Å². The number of methoxy groups -OCH3 is 1. The summed E-state index contributed by atoms with van der Waals surface area (Å²) in [7, 11) is 3.56. The molecule has 1 unspecified atom stereocenters. The summed E-state index contributed by atoms with van der Waals surface area (Å²) in [6, 6.07) is 6.37. The molecule has 3 aliphatic heterocycles. The van der Waals surface area contributed by atoms with Gasteiger partial charge in [0.05, 0.1) is 24.9 Å². The van der Waals surface area contributed by atoms with Gasteiger partial charge in [-0.05, 0) is 57.3 Å². The number of carbonyl (C=O) groups is 2. The Bertz CT molecular complexity index is 1340. The number of aromatic nitrogens is 1. The average Bonchev–Trinajstić information content (AvgIpc) is 3.62. The molecule has 11 heteroatoms. The highest BCUT2D eigenvalue weighted by Gasteiger charge is 2.46. The van der Waals surface area contributed by atoms with Gasteiger partial charge >= 0.3 is 0 Å². The van der Waals surface area contributed by atoms with E-state index in [-0.39, 0.29) is 17.9 Å². The summed E-state index contributed by atoms with van der Waals surface area (Å²) < 4.78 is 7.46. The summed E-state index contributed by atoms with van der Waals surface area (Å²) in [5, 5.41) is 10.6. The summed E-state index contributed by atoms with van der Waals surface area (Å²) in [6.07, 6.45) is 10.9. The van der Waals surface area contributed by atoms with Crippen LogP contribution in [0.3, 0.4) is 0 Å². The Morgan fingerprint density at radius 3 is 2.61 bits per heavy atom. The van der Waals surface area contributed by atoms with Crippen molar-refractivity contribution in [3.63, 3.8) is 0 Å². The van der Waals surface area contributed by atoms with Gasteiger partial charge in [0.15, 0.2) is 0 Å². The summed E-state index contributed by atoms with van der Waals surface area (Å²) in [4.78, 5) is 33.4. The first kappa shape index (κ1) is 27.7. The molecule has 1 aliphatic carbocycles. The average molecular weight is 565 g/mol. The van der Waals surface area contributed by atoms with E-state index in [4.69, 9.17) is 10.5 Å². The highest BCUT2D eigenvalue weighted by atomic mass is 16.5. The van der Waals surface area contributed by atoms with Crippen LogP contribution in [0.1, 0.15) is 63.1 Å². The molecule has 222 valence electrons. The summed E-state index contributed by atoms with van der Waals surface area (Å²) in [5.41, 5.74) is 8.87. The molecule has 0 spiro atoms. The van der Waals surface area contributed by atoms with Crippen molar-refractivity contribution in [1.29, 1.82) is 0 Å². The molecule has 6 rings (SSSR count). The van der Waals surface area contributed by atoms with Crippen LogP contribution < -0.4 is 26.4 Å². The molecule has 1 saturated carbocycles. The number of rotatable bonds is 7. The van der Waals surface area contributed by atoms with E-state index in [1.165, 1.54) is 19.3 Å². The molecule has 41 heavy (non-hydrogen) atoms. The standard InChI is InChI=1S/C30H44N8O3/c1-4-21-18-35(2)27-28(38(21)22-10-6-7-11-22)33-30(31,34-29(27)40)32-23-16-20-12-15-37(24(20)17-25(23)41-3)26(39)19-36-13-8-5-9-14-36/h12,15-17,21-22,32-33H,4-11,13-14,18-19,31H2,1-3H3,(H,34,40)/t21?,30-/m1/s1. The lowest BCUT2D eigenvalue weighted by Gasteiger charge is -2.52. The van der Waals surface area contributed by atoms with Crippen LogP contribution in [0.5, 0.6) is 5.75 Å². The van der Waals surface area contributed by atoms with Gasteiger partial charge in [-0.1, -0.05) is 26.2 Å². The van der Waals surface area contributed by atoms with Crippen molar-refractivity contribution in [1.82, 2.24) is 29.9 Å². The van der Waals surface area contributed by atoms with Crippen molar-refractivity contribution in [2.24, 2.45) is 5.73 Å². The second-order valence-corrected chi connectivity index (χ2v) is 12.0. The Balaban J connectivity index is 1.28.